The number of carbonyl (C=O) groups excluding carboxylic acids is 1. The first-order valence-corrected chi connectivity index (χ1v) is 6.58. The Hall–Kier alpha value is -1.41. The molecule has 0 aliphatic heterocycles. The van der Waals surface area contributed by atoms with Gasteiger partial charge in [-0.15, -0.1) is 11.3 Å². The molecule has 0 unspecified atom stereocenters. The highest BCUT2D eigenvalue weighted by Gasteiger charge is 2.09. The molecule has 0 bridgehead atoms. The van der Waals surface area contributed by atoms with Gasteiger partial charge in [-0.05, 0) is 43.5 Å². The van der Waals surface area contributed by atoms with Crippen molar-refractivity contribution >= 4 is 17.1 Å². The van der Waals surface area contributed by atoms with E-state index in [-0.39, 0.29) is 5.78 Å². The average molecular weight is 244 g/mol. The Bertz CT molecular complexity index is 552. The predicted octanol–water partition coefficient (Wildman–Crippen LogP) is 4.10. The van der Waals surface area contributed by atoms with Crippen LogP contribution in [0.2, 0.25) is 0 Å². The molecule has 88 valence electrons. The van der Waals surface area contributed by atoms with Crippen molar-refractivity contribution in [2.45, 2.75) is 27.2 Å². The van der Waals surface area contributed by atoms with Crippen LogP contribution in [0, 0.1) is 20.8 Å². The Morgan fingerprint density at radius 1 is 1.12 bits per heavy atom. The Morgan fingerprint density at radius 2 is 1.88 bits per heavy atom. The van der Waals surface area contributed by atoms with Gasteiger partial charge in [0.05, 0.1) is 0 Å². The molecule has 2 aromatic rings. The fourth-order valence-electron chi connectivity index (χ4n) is 1.79. The summed E-state index contributed by atoms with van der Waals surface area (Å²) in [5, 5.41) is 1.94. The summed E-state index contributed by atoms with van der Waals surface area (Å²) in [5.74, 6) is 0.206. The maximum Gasteiger partial charge on any atom is 0.168 e. The van der Waals surface area contributed by atoms with Crippen molar-refractivity contribution in [1.29, 1.82) is 0 Å². The van der Waals surface area contributed by atoms with Gasteiger partial charge in [0.1, 0.15) is 0 Å². The lowest BCUT2D eigenvalue weighted by Crippen LogP contribution is -2.02. The number of hydrogen-bond acceptors (Lipinski definition) is 2. The lowest BCUT2D eigenvalue weighted by Gasteiger charge is -2.04. The van der Waals surface area contributed by atoms with E-state index in [4.69, 9.17) is 0 Å². The van der Waals surface area contributed by atoms with Gasteiger partial charge < -0.3 is 0 Å². The summed E-state index contributed by atoms with van der Waals surface area (Å²) in [4.78, 5) is 13.2. The first kappa shape index (κ1) is 12.1. The number of Topliss-reactive ketones (excluding diaryl/α,β-unsaturated/α-hetero) is 1. The van der Waals surface area contributed by atoms with E-state index in [9.17, 15) is 4.79 Å². The molecule has 2 heteroatoms. The van der Waals surface area contributed by atoms with E-state index in [0.29, 0.717) is 6.42 Å². The van der Waals surface area contributed by atoms with Gasteiger partial charge >= 0.3 is 0 Å². The second-order valence-electron chi connectivity index (χ2n) is 4.46. The van der Waals surface area contributed by atoms with Gasteiger partial charge in [-0.25, -0.2) is 0 Å². The summed E-state index contributed by atoms with van der Waals surface area (Å²) < 4.78 is 0. The highest BCUT2D eigenvalue weighted by atomic mass is 32.1. The Morgan fingerprint density at radius 3 is 2.47 bits per heavy atom. The molecule has 0 amide bonds. The van der Waals surface area contributed by atoms with Crippen molar-refractivity contribution in [2.24, 2.45) is 0 Å². The van der Waals surface area contributed by atoms with E-state index in [0.717, 1.165) is 11.1 Å². The van der Waals surface area contributed by atoms with Gasteiger partial charge in [-0.2, -0.15) is 0 Å². The van der Waals surface area contributed by atoms with Crippen molar-refractivity contribution in [2.75, 3.05) is 0 Å². The van der Waals surface area contributed by atoms with E-state index in [1.807, 2.05) is 24.4 Å². The smallest absolute Gasteiger partial charge is 0.168 e. The third-order valence-electron chi connectivity index (χ3n) is 2.99. The number of hydrogen-bond donors (Lipinski definition) is 0. The number of carbonyl (C=O) groups is 1. The lowest BCUT2D eigenvalue weighted by atomic mass is 10.0. The molecule has 0 fully saturated rings. The highest BCUT2D eigenvalue weighted by Crippen LogP contribution is 2.17. The fourth-order valence-corrected chi connectivity index (χ4v) is 2.50. The molecular formula is C15H16OS. The lowest BCUT2D eigenvalue weighted by molar-refractivity contribution is 0.0993. The molecule has 1 aromatic carbocycles. The van der Waals surface area contributed by atoms with Crippen LogP contribution in [0.5, 0.6) is 0 Å². The van der Waals surface area contributed by atoms with Crippen LogP contribution in [0.25, 0.3) is 0 Å². The molecule has 0 saturated carbocycles. The largest absolute Gasteiger partial charge is 0.294 e. The quantitative estimate of drug-likeness (QED) is 0.743. The summed E-state index contributed by atoms with van der Waals surface area (Å²) in [5.41, 5.74) is 4.46. The van der Waals surface area contributed by atoms with Gasteiger partial charge in [-0.1, -0.05) is 18.2 Å². The summed E-state index contributed by atoms with van der Waals surface area (Å²) in [6.07, 6.45) is 0.497. The summed E-state index contributed by atoms with van der Waals surface area (Å²) in [6.45, 7) is 6.19. The molecular weight excluding hydrogens is 228 g/mol. The minimum absolute atomic E-state index is 0.206. The van der Waals surface area contributed by atoms with Crippen molar-refractivity contribution in [3.05, 3.63) is 56.8 Å². The number of thiophene rings is 1. The van der Waals surface area contributed by atoms with Gasteiger partial charge in [0, 0.05) is 22.2 Å². The molecule has 17 heavy (non-hydrogen) atoms. The number of benzene rings is 1. The van der Waals surface area contributed by atoms with Gasteiger partial charge in [0.2, 0.25) is 0 Å². The standard InChI is InChI=1S/C15H16OS/c1-10-4-5-13(6-11(10)2)8-15(16)14-7-12(3)17-9-14/h4-7,9H,8H2,1-3H3. The molecule has 0 aliphatic carbocycles. The predicted molar refractivity (Wildman–Crippen MR) is 73.0 cm³/mol. The average Bonchev–Trinajstić information content (AvgIpc) is 2.70. The number of rotatable bonds is 3. The van der Waals surface area contributed by atoms with Crippen molar-refractivity contribution in [3.63, 3.8) is 0 Å². The molecule has 0 spiro atoms. The molecule has 0 atom stereocenters. The van der Waals surface area contributed by atoms with Crippen molar-refractivity contribution in [3.8, 4) is 0 Å². The van der Waals surface area contributed by atoms with E-state index >= 15 is 0 Å². The molecule has 0 saturated heterocycles. The Labute approximate surface area is 106 Å². The number of aryl methyl sites for hydroxylation is 3. The summed E-state index contributed by atoms with van der Waals surface area (Å²) >= 11 is 1.63. The minimum Gasteiger partial charge on any atom is -0.294 e. The van der Waals surface area contributed by atoms with E-state index in [1.54, 1.807) is 11.3 Å². The van der Waals surface area contributed by atoms with E-state index in [1.165, 1.54) is 16.0 Å². The molecule has 1 heterocycles. The zero-order chi connectivity index (χ0) is 12.4. The SMILES string of the molecule is Cc1cc(C(=O)Cc2ccc(C)c(C)c2)cs1. The first-order valence-electron chi connectivity index (χ1n) is 5.71. The van der Waals surface area contributed by atoms with Gasteiger partial charge in [-0.3, -0.25) is 4.79 Å². The van der Waals surface area contributed by atoms with Crippen LogP contribution in [-0.2, 0) is 6.42 Å². The third kappa shape index (κ3) is 2.83. The van der Waals surface area contributed by atoms with Crippen LogP contribution in [0.4, 0.5) is 0 Å². The maximum absolute atomic E-state index is 12.0. The Kier molecular flexibility index (Phi) is 3.43. The fraction of sp³-hybridized carbons (Fsp3) is 0.267. The second-order valence-corrected chi connectivity index (χ2v) is 5.58. The van der Waals surface area contributed by atoms with E-state index < -0.39 is 0 Å². The number of ketones is 1. The molecule has 1 nitrogen and oxygen atoms in total. The highest BCUT2D eigenvalue weighted by molar-refractivity contribution is 7.10. The monoisotopic (exact) mass is 244 g/mol. The second kappa shape index (κ2) is 4.84. The zero-order valence-corrected chi connectivity index (χ0v) is 11.2. The molecule has 0 radical (unpaired) electrons. The van der Waals surface area contributed by atoms with E-state index in [2.05, 4.69) is 26.0 Å². The zero-order valence-electron chi connectivity index (χ0n) is 10.4. The van der Waals surface area contributed by atoms with Crippen molar-refractivity contribution < 1.29 is 4.79 Å². The van der Waals surface area contributed by atoms with Crippen LogP contribution in [0.3, 0.4) is 0 Å². The van der Waals surface area contributed by atoms with Crippen LogP contribution < -0.4 is 0 Å². The van der Waals surface area contributed by atoms with Crippen LogP contribution >= 0.6 is 11.3 Å². The normalized spacial score (nSPS) is 10.5. The molecule has 0 aliphatic rings. The van der Waals surface area contributed by atoms with Crippen LogP contribution in [0.15, 0.2) is 29.6 Å². The van der Waals surface area contributed by atoms with Crippen LogP contribution in [0.1, 0.15) is 31.9 Å². The molecule has 2 rings (SSSR count). The molecule has 0 N–H and O–H groups in total. The topological polar surface area (TPSA) is 17.1 Å². The Balaban J connectivity index is 2.15. The van der Waals surface area contributed by atoms with Gasteiger partial charge in [0.15, 0.2) is 5.78 Å². The third-order valence-corrected chi connectivity index (χ3v) is 3.85. The van der Waals surface area contributed by atoms with Crippen molar-refractivity contribution in [1.82, 2.24) is 0 Å². The maximum atomic E-state index is 12.0. The first-order chi connectivity index (χ1) is 8.06. The summed E-state index contributed by atoms with van der Waals surface area (Å²) in [7, 11) is 0. The minimum atomic E-state index is 0.206. The molecule has 1 aromatic heterocycles. The van der Waals surface area contributed by atoms with Crippen LogP contribution in [-0.4, -0.2) is 5.78 Å². The van der Waals surface area contributed by atoms with Gasteiger partial charge in [0.25, 0.3) is 0 Å². The summed E-state index contributed by atoms with van der Waals surface area (Å²) in [6, 6.07) is 8.19.